The molecule has 1 atom stereocenters. The fourth-order valence-electron chi connectivity index (χ4n) is 1.76. The number of anilines is 1. The van der Waals surface area contributed by atoms with E-state index in [0.29, 0.717) is 17.8 Å². The van der Waals surface area contributed by atoms with Crippen molar-refractivity contribution < 1.29 is 9.59 Å². The lowest BCUT2D eigenvalue weighted by atomic mass is 10.1. The van der Waals surface area contributed by atoms with E-state index in [9.17, 15) is 9.59 Å². The Hall–Kier alpha value is -2.04. The summed E-state index contributed by atoms with van der Waals surface area (Å²) in [5.41, 5.74) is 7.58. The summed E-state index contributed by atoms with van der Waals surface area (Å²) in [6, 6.07) is 4.53. The van der Waals surface area contributed by atoms with Crippen LogP contribution in [0.1, 0.15) is 29.8 Å². The number of likely N-dealkylation sites (N-methyl/N-ethyl adjacent to an activating group) is 1. The number of rotatable bonds is 4. The van der Waals surface area contributed by atoms with Crippen LogP contribution in [-0.4, -0.2) is 36.3 Å². The number of nitrogens with two attached hydrogens (primary N) is 1. The van der Waals surface area contributed by atoms with Crippen LogP contribution < -0.4 is 11.1 Å². The Balaban J connectivity index is 2.77. The molecule has 2 amide bonds. The van der Waals surface area contributed by atoms with E-state index in [1.165, 1.54) is 0 Å². The molecule has 1 aromatic carbocycles. The van der Waals surface area contributed by atoms with Crippen LogP contribution in [0.2, 0.25) is 0 Å². The third-order valence-corrected chi connectivity index (χ3v) is 3.06. The molecule has 0 aliphatic rings. The molecule has 0 heterocycles. The molecule has 0 saturated heterocycles. The predicted octanol–water partition coefficient (Wildman–Crippen LogP) is 1.17. The van der Waals surface area contributed by atoms with E-state index < -0.39 is 6.04 Å². The van der Waals surface area contributed by atoms with Gasteiger partial charge < -0.3 is 16.0 Å². The normalized spacial score (nSPS) is 11.8. The van der Waals surface area contributed by atoms with Gasteiger partial charge in [-0.25, -0.2) is 0 Å². The molecule has 0 saturated carbocycles. The van der Waals surface area contributed by atoms with Gasteiger partial charge in [-0.1, -0.05) is 0 Å². The zero-order chi connectivity index (χ0) is 14.6. The standard InChI is InChI=1S/C14H21N3O2/c1-5-17(4)14(19)10(3)16-13(18)12-7-6-11(15)8-9(12)2/h6-8,10H,5,15H2,1-4H3,(H,16,18). The molecule has 5 heteroatoms. The van der Waals surface area contributed by atoms with Crippen molar-refractivity contribution in [1.82, 2.24) is 10.2 Å². The Morgan fingerprint density at radius 2 is 2.05 bits per heavy atom. The first-order chi connectivity index (χ1) is 8.86. The Bertz CT molecular complexity index is 486. The minimum absolute atomic E-state index is 0.107. The molecule has 3 N–H and O–H groups in total. The van der Waals surface area contributed by atoms with Gasteiger partial charge in [0.05, 0.1) is 0 Å². The Morgan fingerprint density at radius 3 is 2.58 bits per heavy atom. The van der Waals surface area contributed by atoms with Crippen LogP contribution in [0.3, 0.4) is 0 Å². The number of amides is 2. The van der Waals surface area contributed by atoms with Crippen molar-refractivity contribution in [1.29, 1.82) is 0 Å². The van der Waals surface area contributed by atoms with E-state index >= 15 is 0 Å². The third kappa shape index (κ3) is 3.71. The van der Waals surface area contributed by atoms with Crippen molar-refractivity contribution in [2.75, 3.05) is 19.3 Å². The van der Waals surface area contributed by atoms with E-state index in [0.717, 1.165) is 5.56 Å². The predicted molar refractivity (Wildman–Crippen MR) is 75.8 cm³/mol. The van der Waals surface area contributed by atoms with Gasteiger partial charge in [0.1, 0.15) is 6.04 Å². The van der Waals surface area contributed by atoms with E-state index in [2.05, 4.69) is 5.32 Å². The lowest BCUT2D eigenvalue weighted by Crippen LogP contribution is -2.45. The van der Waals surface area contributed by atoms with Gasteiger partial charge in [0, 0.05) is 24.8 Å². The van der Waals surface area contributed by atoms with Crippen LogP contribution in [0.15, 0.2) is 18.2 Å². The summed E-state index contributed by atoms with van der Waals surface area (Å²) in [6.45, 7) is 5.99. The molecule has 0 spiro atoms. The molecule has 1 unspecified atom stereocenters. The molecular weight excluding hydrogens is 242 g/mol. The van der Waals surface area contributed by atoms with E-state index in [1.807, 2.05) is 13.8 Å². The van der Waals surface area contributed by atoms with Gasteiger partial charge in [-0.2, -0.15) is 0 Å². The molecule has 1 aromatic rings. The maximum Gasteiger partial charge on any atom is 0.252 e. The number of nitrogens with one attached hydrogen (secondary N) is 1. The largest absolute Gasteiger partial charge is 0.399 e. The fraction of sp³-hybridized carbons (Fsp3) is 0.429. The summed E-state index contributed by atoms with van der Waals surface area (Å²) >= 11 is 0. The molecule has 0 aliphatic heterocycles. The van der Waals surface area contributed by atoms with E-state index in [1.54, 1.807) is 37.1 Å². The first-order valence-corrected chi connectivity index (χ1v) is 6.28. The number of nitrogen functional groups attached to an aromatic ring is 1. The lowest BCUT2D eigenvalue weighted by Gasteiger charge is -2.20. The summed E-state index contributed by atoms with van der Waals surface area (Å²) < 4.78 is 0. The van der Waals surface area contributed by atoms with Crippen molar-refractivity contribution in [3.63, 3.8) is 0 Å². The molecule has 0 bridgehead atoms. The molecule has 0 fully saturated rings. The van der Waals surface area contributed by atoms with Gasteiger partial charge in [0.25, 0.3) is 5.91 Å². The summed E-state index contributed by atoms with van der Waals surface area (Å²) in [7, 11) is 1.71. The highest BCUT2D eigenvalue weighted by Gasteiger charge is 2.19. The van der Waals surface area contributed by atoms with E-state index in [-0.39, 0.29) is 11.8 Å². The van der Waals surface area contributed by atoms with Crippen LogP contribution in [0.25, 0.3) is 0 Å². The fourth-order valence-corrected chi connectivity index (χ4v) is 1.76. The molecule has 19 heavy (non-hydrogen) atoms. The maximum absolute atomic E-state index is 12.1. The highest BCUT2D eigenvalue weighted by atomic mass is 16.2. The monoisotopic (exact) mass is 263 g/mol. The summed E-state index contributed by atoms with van der Waals surface area (Å²) in [6.07, 6.45) is 0. The van der Waals surface area contributed by atoms with Crippen molar-refractivity contribution >= 4 is 17.5 Å². The third-order valence-electron chi connectivity index (χ3n) is 3.06. The van der Waals surface area contributed by atoms with Crippen molar-refractivity contribution in [2.24, 2.45) is 0 Å². The highest BCUT2D eigenvalue weighted by Crippen LogP contribution is 2.12. The number of hydrogen-bond acceptors (Lipinski definition) is 3. The molecule has 0 aliphatic carbocycles. The second kappa shape index (κ2) is 6.22. The van der Waals surface area contributed by atoms with Gasteiger partial charge in [-0.05, 0) is 44.5 Å². The second-order valence-corrected chi connectivity index (χ2v) is 4.62. The SMILES string of the molecule is CCN(C)C(=O)C(C)NC(=O)c1ccc(N)cc1C. The molecule has 104 valence electrons. The number of benzene rings is 1. The minimum atomic E-state index is -0.547. The van der Waals surface area contributed by atoms with Crippen molar-refractivity contribution in [3.05, 3.63) is 29.3 Å². The number of carbonyl (C=O) groups excluding carboxylic acids is 2. The Morgan fingerprint density at radius 1 is 1.42 bits per heavy atom. The molecule has 0 radical (unpaired) electrons. The molecule has 1 rings (SSSR count). The smallest absolute Gasteiger partial charge is 0.252 e. The minimum Gasteiger partial charge on any atom is -0.399 e. The summed E-state index contributed by atoms with van der Waals surface area (Å²) in [5, 5.41) is 2.70. The van der Waals surface area contributed by atoms with Gasteiger partial charge in [-0.15, -0.1) is 0 Å². The van der Waals surface area contributed by atoms with Gasteiger partial charge in [0.15, 0.2) is 0 Å². The Kier molecular flexibility index (Phi) is 4.92. The second-order valence-electron chi connectivity index (χ2n) is 4.62. The molecular formula is C14H21N3O2. The van der Waals surface area contributed by atoms with Crippen molar-refractivity contribution in [3.8, 4) is 0 Å². The first kappa shape index (κ1) is 15.0. The van der Waals surface area contributed by atoms with E-state index in [4.69, 9.17) is 5.73 Å². The zero-order valence-corrected chi connectivity index (χ0v) is 11.9. The van der Waals surface area contributed by atoms with Crippen molar-refractivity contribution in [2.45, 2.75) is 26.8 Å². The number of hydrogen-bond donors (Lipinski definition) is 2. The average Bonchev–Trinajstić information content (AvgIpc) is 2.36. The molecule has 5 nitrogen and oxygen atoms in total. The summed E-state index contributed by atoms with van der Waals surface area (Å²) in [5.74, 6) is -0.369. The number of aryl methyl sites for hydroxylation is 1. The lowest BCUT2D eigenvalue weighted by molar-refractivity contribution is -0.131. The average molecular weight is 263 g/mol. The van der Waals surface area contributed by atoms with Crippen LogP contribution in [0, 0.1) is 6.92 Å². The topological polar surface area (TPSA) is 75.4 Å². The first-order valence-electron chi connectivity index (χ1n) is 6.28. The summed E-state index contributed by atoms with van der Waals surface area (Å²) in [4.78, 5) is 25.5. The Labute approximate surface area is 113 Å². The highest BCUT2D eigenvalue weighted by molar-refractivity contribution is 5.98. The number of nitrogens with zero attached hydrogens (tertiary/aromatic N) is 1. The quantitative estimate of drug-likeness (QED) is 0.801. The van der Waals surface area contributed by atoms with Gasteiger partial charge in [0.2, 0.25) is 5.91 Å². The van der Waals surface area contributed by atoms with Crippen LogP contribution in [0.4, 0.5) is 5.69 Å². The zero-order valence-electron chi connectivity index (χ0n) is 11.9. The van der Waals surface area contributed by atoms with Gasteiger partial charge >= 0.3 is 0 Å². The molecule has 0 aromatic heterocycles. The maximum atomic E-state index is 12.1. The van der Waals surface area contributed by atoms with Crippen LogP contribution in [-0.2, 0) is 4.79 Å². The van der Waals surface area contributed by atoms with Crippen LogP contribution in [0.5, 0.6) is 0 Å². The van der Waals surface area contributed by atoms with Gasteiger partial charge in [-0.3, -0.25) is 9.59 Å². The van der Waals surface area contributed by atoms with Crippen LogP contribution >= 0.6 is 0 Å². The number of carbonyl (C=O) groups is 2.